The minimum atomic E-state index is -0.293. The predicted molar refractivity (Wildman–Crippen MR) is 88.9 cm³/mol. The summed E-state index contributed by atoms with van der Waals surface area (Å²) >= 11 is 0. The van der Waals surface area contributed by atoms with Gasteiger partial charge in [0.25, 0.3) is 5.56 Å². The van der Waals surface area contributed by atoms with Crippen molar-refractivity contribution in [2.75, 3.05) is 0 Å². The van der Waals surface area contributed by atoms with Crippen molar-refractivity contribution in [3.8, 4) is 11.3 Å². The van der Waals surface area contributed by atoms with Gasteiger partial charge in [-0.25, -0.2) is 9.07 Å². The van der Waals surface area contributed by atoms with Crippen molar-refractivity contribution in [3.05, 3.63) is 87.5 Å². The van der Waals surface area contributed by atoms with Gasteiger partial charge in [0.1, 0.15) is 5.82 Å². The Bertz CT molecular complexity index is 898. The van der Waals surface area contributed by atoms with Gasteiger partial charge in [0.05, 0.1) is 12.2 Å². The molecule has 0 aliphatic rings. The summed E-state index contributed by atoms with van der Waals surface area (Å²) in [4.78, 5) is 12.1. The van der Waals surface area contributed by atoms with Gasteiger partial charge < -0.3 is 0 Å². The van der Waals surface area contributed by atoms with Crippen LogP contribution in [0, 0.1) is 19.7 Å². The first-order chi connectivity index (χ1) is 11.0. The Hall–Kier alpha value is -2.75. The molecule has 0 amide bonds. The predicted octanol–water partition coefficient (Wildman–Crippen LogP) is 3.71. The van der Waals surface area contributed by atoms with Gasteiger partial charge in [-0.05, 0) is 49.2 Å². The number of nitrogens with zero attached hydrogens (tertiary/aromatic N) is 2. The van der Waals surface area contributed by atoms with E-state index >= 15 is 0 Å². The summed E-state index contributed by atoms with van der Waals surface area (Å²) in [5, 5.41) is 4.47. The van der Waals surface area contributed by atoms with Crippen LogP contribution in [0.3, 0.4) is 0 Å². The molecule has 0 fully saturated rings. The average molecular weight is 308 g/mol. The molecule has 23 heavy (non-hydrogen) atoms. The fraction of sp³-hybridized carbons (Fsp3) is 0.158. The van der Waals surface area contributed by atoms with Crippen molar-refractivity contribution in [2.45, 2.75) is 20.4 Å². The van der Waals surface area contributed by atoms with Crippen LogP contribution in [0.15, 0.2) is 59.4 Å². The molecule has 0 unspecified atom stereocenters. The molecular weight excluding hydrogens is 291 g/mol. The van der Waals surface area contributed by atoms with Crippen LogP contribution in [0.4, 0.5) is 4.39 Å². The average Bonchev–Trinajstić information content (AvgIpc) is 2.54. The van der Waals surface area contributed by atoms with Crippen molar-refractivity contribution < 1.29 is 4.39 Å². The molecule has 0 N–H and O–H groups in total. The molecular formula is C19H17FN2O. The minimum Gasteiger partial charge on any atom is -0.268 e. The minimum absolute atomic E-state index is 0.177. The van der Waals surface area contributed by atoms with Crippen molar-refractivity contribution >= 4 is 0 Å². The van der Waals surface area contributed by atoms with E-state index in [1.807, 2.05) is 26.0 Å². The maximum absolute atomic E-state index is 13.0. The number of rotatable bonds is 3. The third-order valence-electron chi connectivity index (χ3n) is 3.78. The molecule has 0 aliphatic carbocycles. The van der Waals surface area contributed by atoms with E-state index in [9.17, 15) is 9.18 Å². The molecule has 1 heterocycles. The molecule has 0 bridgehead atoms. The van der Waals surface area contributed by atoms with Crippen molar-refractivity contribution in [1.82, 2.24) is 9.78 Å². The monoisotopic (exact) mass is 308 g/mol. The molecule has 116 valence electrons. The van der Waals surface area contributed by atoms with Crippen molar-refractivity contribution in [1.29, 1.82) is 0 Å². The fourth-order valence-corrected chi connectivity index (χ4v) is 2.48. The first-order valence-electron chi connectivity index (χ1n) is 7.43. The zero-order valence-corrected chi connectivity index (χ0v) is 13.1. The number of halogens is 1. The van der Waals surface area contributed by atoms with E-state index in [1.54, 1.807) is 18.2 Å². The number of benzene rings is 2. The van der Waals surface area contributed by atoms with Gasteiger partial charge in [-0.3, -0.25) is 4.79 Å². The van der Waals surface area contributed by atoms with E-state index in [0.29, 0.717) is 6.54 Å². The zero-order valence-electron chi connectivity index (χ0n) is 13.1. The van der Waals surface area contributed by atoms with Gasteiger partial charge in [0, 0.05) is 11.6 Å². The van der Waals surface area contributed by atoms with Crippen LogP contribution in [-0.4, -0.2) is 9.78 Å². The van der Waals surface area contributed by atoms with Crippen LogP contribution in [0.1, 0.15) is 16.7 Å². The first-order valence-corrected chi connectivity index (χ1v) is 7.43. The molecule has 0 saturated carbocycles. The topological polar surface area (TPSA) is 34.9 Å². The highest BCUT2D eigenvalue weighted by Crippen LogP contribution is 2.21. The summed E-state index contributed by atoms with van der Waals surface area (Å²) in [7, 11) is 0. The second-order valence-electron chi connectivity index (χ2n) is 5.66. The fourth-order valence-electron chi connectivity index (χ4n) is 2.48. The van der Waals surface area contributed by atoms with Crippen LogP contribution in [0.5, 0.6) is 0 Å². The normalized spacial score (nSPS) is 10.7. The van der Waals surface area contributed by atoms with Crippen LogP contribution in [0.2, 0.25) is 0 Å². The van der Waals surface area contributed by atoms with Crippen molar-refractivity contribution in [3.63, 3.8) is 0 Å². The first kappa shape index (κ1) is 15.2. The summed E-state index contributed by atoms with van der Waals surface area (Å²) in [5.41, 5.74) is 4.67. The molecule has 0 aliphatic heterocycles. The van der Waals surface area contributed by atoms with Gasteiger partial charge in [0.2, 0.25) is 0 Å². The molecule has 1 aromatic heterocycles. The van der Waals surface area contributed by atoms with Crippen LogP contribution >= 0.6 is 0 Å². The highest BCUT2D eigenvalue weighted by atomic mass is 19.1. The van der Waals surface area contributed by atoms with E-state index in [2.05, 4.69) is 11.2 Å². The molecule has 0 radical (unpaired) electrons. The Morgan fingerprint density at radius 1 is 1.00 bits per heavy atom. The third-order valence-corrected chi connectivity index (χ3v) is 3.78. The maximum atomic E-state index is 13.0. The summed E-state index contributed by atoms with van der Waals surface area (Å²) in [6, 6.07) is 15.5. The van der Waals surface area contributed by atoms with Gasteiger partial charge in [-0.2, -0.15) is 5.10 Å². The molecule has 3 aromatic rings. The quantitative estimate of drug-likeness (QED) is 0.739. The molecule has 4 heteroatoms. The molecule has 0 atom stereocenters. The van der Waals surface area contributed by atoms with E-state index in [1.165, 1.54) is 22.9 Å². The van der Waals surface area contributed by atoms with E-state index in [-0.39, 0.29) is 11.4 Å². The van der Waals surface area contributed by atoms with E-state index in [4.69, 9.17) is 0 Å². The van der Waals surface area contributed by atoms with Crippen LogP contribution in [0.25, 0.3) is 11.3 Å². The lowest BCUT2D eigenvalue weighted by Gasteiger charge is -2.10. The standard InChI is InChI=1S/C19H17FN2O/c1-13-3-4-14(2)17(11-13)18-9-10-19(23)22(21-18)12-15-5-7-16(20)8-6-15/h3-11H,12H2,1-2H3. The second-order valence-corrected chi connectivity index (χ2v) is 5.66. The largest absolute Gasteiger partial charge is 0.268 e. The highest BCUT2D eigenvalue weighted by Gasteiger charge is 2.07. The molecule has 3 rings (SSSR count). The Kier molecular flexibility index (Phi) is 4.06. The van der Waals surface area contributed by atoms with Gasteiger partial charge in [-0.15, -0.1) is 0 Å². The number of hydrogen-bond acceptors (Lipinski definition) is 2. The van der Waals surface area contributed by atoms with Gasteiger partial charge in [-0.1, -0.05) is 29.8 Å². The second kappa shape index (κ2) is 6.16. The maximum Gasteiger partial charge on any atom is 0.267 e. The van der Waals surface area contributed by atoms with Gasteiger partial charge in [0.15, 0.2) is 0 Å². The summed E-state index contributed by atoms with van der Waals surface area (Å²) in [5.74, 6) is -0.293. The van der Waals surface area contributed by atoms with Crippen molar-refractivity contribution in [2.24, 2.45) is 0 Å². The third kappa shape index (κ3) is 3.37. The molecule has 3 nitrogen and oxygen atoms in total. The highest BCUT2D eigenvalue weighted by molar-refractivity contribution is 5.63. The zero-order chi connectivity index (χ0) is 16.4. The van der Waals surface area contributed by atoms with E-state index in [0.717, 1.165) is 27.9 Å². The molecule has 2 aromatic carbocycles. The summed E-state index contributed by atoms with van der Waals surface area (Å²) in [6.45, 7) is 4.36. The lowest BCUT2D eigenvalue weighted by Crippen LogP contribution is -2.22. The molecule has 0 saturated heterocycles. The smallest absolute Gasteiger partial charge is 0.267 e. The van der Waals surface area contributed by atoms with Crippen LogP contribution < -0.4 is 5.56 Å². The Morgan fingerprint density at radius 2 is 1.74 bits per heavy atom. The summed E-state index contributed by atoms with van der Waals surface area (Å²) < 4.78 is 14.4. The van der Waals surface area contributed by atoms with Crippen LogP contribution in [-0.2, 0) is 6.54 Å². The lowest BCUT2D eigenvalue weighted by molar-refractivity contribution is 0.620. The van der Waals surface area contributed by atoms with Gasteiger partial charge >= 0.3 is 0 Å². The molecule has 0 spiro atoms. The lowest BCUT2D eigenvalue weighted by atomic mass is 10.0. The number of aryl methyl sites for hydroxylation is 2. The Morgan fingerprint density at radius 3 is 2.48 bits per heavy atom. The Balaban J connectivity index is 2.00. The SMILES string of the molecule is Cc1ccc(C)c(-c2ccc(=O)n(Cc3ccc(F)cc3)n2)c1. The number of aromatic nitrogens is 2. The summed E-state index contributed by atoms with van der Waals surface area (Å²) in [6.07, 6.45) is 0. The number of hydrogen-bond donors (Lipinski definition) is 0. The Labute approximate surface area is 134 Å². The van der Waals surface area contributed by atoms with E-state index < -0.39 is 0 Å².